The van der Waals surface area contributed by atoms with E-state index < -0.39 is 32.3 Å². The normalized spacial score (nSPS) is 25.8. The Morgan fingerprint density at radius 1 is 0.576 bits per heavy atom. The molecule has 0 N–H and O–H groups in total. The van der Waals surface area contributed by atoms with E-state index in [0.29, 0.717) is 0 Å². The van der Waals surface area contributed by atoms with Crippen molar-refractivity contribution in [2.45, 2.75) is 110 Å². The summed E-state index contributed by atoms with van der Waals surface area (Å²) in [7, 11) is -5.24. The second-order valence-corrected chi connectivity index (χ2v) is 34.5. The Kier molecular flexibility index (Phi) is 11.4. The summed E-state index contributed by atoms with van der Waals surface area (Å²) in [4.78, 5) is 0. The first-order valence-corrected chi connectivity index (χ1v) is 26.9. The van der Waals surface area contributed by atoms with E-state index in [-0.39, 0.29) is 19.5 Å². The molecule has 33 heavy (non-hydrogen) atoms. The molecular weight excluding hydrogens is 552 g/mol. The minimum atomic E-state index is -1.33. The number of hydrogen-bond donors (Lipinski definition) is 0. The smallest absolute Gasteiger partial charge is 0.0720 e. The molecule has 3 aliphatic rings. The average Bonchev–Trinajstić information content (AvgIpc) is 3.08. The predicted molar refractivity (Wildman–Crippen MR) is 159 cm³/mol. The molecule has 0 spiro atoms. The molecule has 3 rings (SSSR count). The van der Waals surface area contributed by atoms with Crippen molar-refractivity contribution in [3.8, 4) is 0 Å². The molecule has 1 atom stereocenters. The Labute approximate surface area is 225 Å². The molecule has 188 valence electrons. The Morgan fingerprint density at radius 3 is 1.27 bits per heavy atom. The molecule has 0 aromatic rings. The number of fused-ring (bicyclic) bond motifs is 1. The van der Waals surface area contributed by atoms with Crippen LogP contribution < -0.4 is 0 Å². The van der Waals surface area contributed by atoms with Crippen LogP contribution >= 0.6 is 0 Å². The van der Waals surface area contributed by atoms with Crippen LogP contribution in [0.3, 0.4) is 0 Å². The first kappa shape index (κ1) is 31.7. The van der Waals surface area contributed by atoms with Crippen molar-refractivity contribution in [2.75, 3.05) is 0 Å². The molecule has 0 saturated heterocycles. The molecule has 1 unspecified atom stereocenters. The van der Waals surface area contributed by atoms with Gasteiger partial charge in [-0.25, -0.2) is 0 Å². The van der Waals surface area contributed by atoms with Crippen LogP contribution in [0.2, 0.25) is 84.1 Å². The van der Waals surface area contributed by atoms with Gasteiger partial charge in [-0.2, -0.15) is 0 Å². The molecular formula is C28H51RhSi4. The maximum Gasteiger partial charge on any atom is 0.0720 e. The first-order chi connectivity index (χ1) is 14.5. The summed E-state index contributed by atoms with van der Waals surface area (Å²) < 4.78 is 0. The Morgan fingerprint density at radius 2 is 0.970 bits per heavy atom. The molecule has 0 aromatic heterocycles. The van der Waals surface area contributed by atoms with Gasteiger partial charge >= 0.3 is 0 Å². The van der Waals surface area contributed by atoms with E-state index in [1.54, 1.807) is 17.0 Å². The van der Waals surface area contributed by atoms with Crippen molar-refractivity contribution in [1.82, 2.24) is 0 Å². The maximum absolute atomic E-state index is 2.70. The predicted octanol–water partition coefficient (Wildman–Crippen LogP) is 9.45. The number of rotatable bonds is 4. The zero-order chi connectivity index (χ0) is 24.5. The van der Waals surface area contributed by atoms with E-state index in [2.05, 4.69) is 115 Å². The zero-order valence-electron chi connectivity index (χ0n) is 23.7. The largest absolute Gasteiger partial charge is 0.0882 e. The van der Waals surface area contributed by atoms with E-state index in [0.717, 1.165) is 5.54 Å². The van der Waals surface area contributed by atoms with E-state index >= 15 is 0 Å². The van der Waals surface area contributed by atoms with Crippen molar-refractivity contribution >= 4 is 32.3 Å². The van der Waals surface area contributed by atoms with E-state index in [4.69, 9.17) is 0 Å². The van der Waals surface area contributed by atoms with Crippen molar-refractivity contribution in [3.05, 3.63) is 64.9 Å². The van der Waals surface area contributed by atoms with E-state index in [1.807, 2.05) is 11.1 Å². The van der Waals surface area contributed by atoms with Gasteiger partial charge < -0.3 is 0 Å². The second kappa shape index (κ2) is 11.8. The molecule has 0 amide bonds. The summed E-state index contributed by atoms with van der Waals surface area (Å²) in [5.74, 6) is 3.50. The van der Waals surface area contributed by atoms with Gasteiger partial charge in [0.05, 0.1) is 32.3 Å². The third-order valence-electron chi connectivity index (χ3n) is 6.74. The van der Waals surface area contributed by atoms with Crippen LogP contribution in [0.15, 0.2) is 35.6 Å². The summed E-state index contributed by atoms with van der Waals surface area (Å²) >= 11 is 0. The summed E-state index contributed by atoms with van der Waals surface area (Å²) in [6, 6.07) is 0. The molecule has 0 aliphatic heterocycles. The van der Waals surface area contributed by atoms with E-state index in [1.165, 1.54) is 25.7 Å². The van der Waals surface area contributed by atoms with Crippen LogP contribution in [-0.4, -0.2) is 32.3 Å². The molecule has 1 saturated carbocycles. The third kappa shape index (κ3) is 8.37. The molecule has 0 aromatic carbocycles. The first-order valence-electron chi connectivity index (χ1n) is 12.8. The minimum Gasteiger partial charge on any atom is -0.0882 e. The van der Waals surface area contributed by atoms with Gasteiger partial charge in [0, 0.05) is 25.4 Å². The summed E-state index contributed by atoms with van der Waals surface area (Å²) in [5.41, 5.74) is 4.30. The van der Waals surface area contributed by atoms with Crippen LogP contribution in [0.1, 0.15) is 25.7 Å². The minimum absolute atomic E-state index is 0. The van der Waals surface area contributed by atoms with Crippen LogP contribution in [0.4, 0.5) is 0 Å². The van der Waals surface area contributed by atoms with Crippen LogP contribution in [0.25, 0.3) is 0 Å². The molecule has 5 heteroatoms. The molecule has 6 radical (unpaired) electrons. The number of hydrogen-bond acceptors (Lipinski definition) is 0. The topological polar surface area (TPSA) is 0 Å². The summed E-state index contributed by atoms with van der Waals surface area (Å²) in [6.07, 6.45) is 19.4. The van der Waals surface area contributed by atoms with Gasteiger partial charge in [0.1, 0.15) is 0 Å². The number of allylic oxidation sites excluding steroid dienone is 6. The van der Waals surface area contributed by atoms with Gasteiger partial charge in [0.15, 0.2) is 0 Å². The Hall–Kier alpha value is 0.711. The van der Waals surface area contributed by atoms with Gasteiger partial charge in [-0.1, -0.05) is 114 Å². The summed E-state index contributed by atoms with van der Waals surface area (Å²) in [5, 5.41) is 1.85. The monoisotopic (exact) mass is 602 g/mol. The van der Waals surface area contributed by atoms with Gasteiger partial charge in [-0.3, -0.25) is 0 Å². The van der Waals surface area contributed by atoms with Crippen LogP contribution in [0.5, 0.6) is 0 Å². The molecule has 0 bridgehead atoms. The molecule has 0 heterocycles. The van der Waals surface area contributed by atoms with Crippen molar-refractivity contribution in [2.24, 2.45) is 0 Å². The standard InChI is InChI=1S/C20H39Si4.C8H12.Rh/c1-21(2,3)16-14-17(22(4,5)6)19-15(16)13-18(23(7,8)9)20(19)24(10,11)12;1-2-4-6-8-7-5-3-1;/h13-14,20H,1-12H3;1-2,7-8H,3-6H2;/b;2-1-,8-7-;. The maximum atomic E-state index is 2.70. The summed E-state index contributed by atoms with van der Waals surface area (Å²) in [6.45, 7) is 30.7. The van der Waals surface area contributed by atoms with E-state index in [9.17, 15) is 0 Å². The van der Waals surface area contributed by atoms with Gasteiger partial charge in [0.25, 0.3) is 0 Å². The fourth-order valence-corrected chi connectivity index (χ4v) is 15.0. The fraction of sp³-hybridized carbons (Fsp3) is 0.607. The third-order valence-corrected chi connectivity index (χ3v) is 15.6. The molecule has 1 fully saturated rings. The van der Waals surface area contributed by atoms with Crippen molar-refractivity contribution in [1.29, 1.82) is 0 Å². The average molecular weight is 603 g/mol. The SMILES string of the molecule is C1=C\CC/C=C\CC/1.C[Si](C)(C)[C]1[CH][C]([Si](C)(C)C)[C]2[C]1C=C([Si](C)(C)C)C2[Si](C)(C)C.[Rh]. The van der Waals surface area contributed by atoms with Crippen molar-refractivity contribution < 1.29 is 19.5 Å². The zero-order valence-corrected chi connectivity index (χ0v) is 29.3. The molecule has 3 aliphatic carbocycles. The second-order valence-electron chi connectivity index (χ2n) is 14.0. The van der Waals surface area contributed by atoms with Gasteiger partial charge in [-0.05, 0) is 54.6 Å². The van der Waals surface area contributed by atoms with Gasteiger partial charge in [0.2, 0.25) is 0 Å². The Bertz CT molecular complexity index is 684. The van der Waals surface area contributed by atoms with Crippen molar-refractivity contribution in [3.63, 3.8) is 0 Å². The van der Waals surface area contributed by atoms with Crippen LogP contribution in [0, 0.1) is 29.3 Å². The fourth-order valence-electron chi connectivity index (χ4n) is 5.10. The molecule has 0 nitrogen and oxygen atoms in total. The van der Waals surface area contributed by atoms with Gasteiger partial charge in [-0.15, -0.1) is 0 Å². The Balaban J connectivity index is 0.000000511. The quantitative estimate of drug-likeness (QED) is 0.222. The van der Waals surface area contributed by atoms with Crippen LogP contribution in [-0.2, 0) is 19.5 Å².